The van der Waals surface area contributed by atoms with Gasteiger partial charge in [-0.15, -0.1) is 0 Å². The number of amides is 6. The number of hydrogen-bond donors (Lipinski definition) is 8. The van der Waals surface area contributed by atoms with E-state index in [4.69, 9.17) is 11.5 Å². The van der Waals surface area contributed by atoms with Crippen molar-refractivity contribution < 1.29 is 28.8 Å². The lowest BCUT2D eigenvalue weighted by Crippen LogP contribution is -2.61. The molecule has 0 aliphatic carbocycles. The Morgan fingerprint density at radius 3 is 1.80 bits per heavy atom. The van der Waals surface area contributed by atoms with Crippen molar-refractivity contribution >= 4 is 47.2 Å². The van der Waals surface area contributed by atoms with Gasteiger partial charge in [0.2, 0.25) is 29.5 Å². The molecule has 4 atom stereocenters. The second-order valence-corrected chi connectivity index (χ2v) is 13.4. The highest BCUT2D eigenvalue weighted by molar-refractivity contribution is 8.00. The topological polar surface area (TPSA) is 227 Å². The SMILES string of the molecule is CC(=O)NC(Cc1cccc(CN)c1)C(=O)NCCCC[C@@H]1NC(=O)[C@H](CCCCNC(=O)C(NC(C)=O)Sc2cccc(CN)c2)NC1=O. The van der Waals surface area contributed by atoms with Crippen molar-refractivity contribution in [2.75, 3.05) is 13.1 Å². The molecular formula is C35H50N8O6S. The summed E-state index contributed by atoms with van der Waals surface area (Å²) in [5, 5.41) is 15.8. The number of rotatable bonds is 20. The molecule has 0 radical (unpaired) electrons. The van der Waals surface area contributed by atoms with Crippen molar-refractivity contribution in [1.82, 2.24) is 31.9 Å². The van der Waals surface area contributed by atoms with Crippen LogP contribution in [0, 0.1) is 0 Å². The van der Waals surface area contributed by atoms with Gasteiger partial charge in [0.25, 0.3) is 5.91 Å². The fourth-order valence-electron chi connectivity index (χ4n) is 5.46. The highest BCUT2D eigenvalue weighted by atomic mass is 32.2. The lowest BCUT2D eigenvalue weighted by atomic mass is 10.0. The molecule has 1 heterocycles. The second kappa shape index (κ2) is 20.9. The van der Waals surface area contributed by atoms with E-state index in [1.54, 1.807) is 0 Å². The summed E-state index contributed by atoms with van der Waals surface area (Å²) < 4.78 is 0. The maximum absolute atomic E-state index is 12.8. The third kappa shape index (κ3) is 13.8. The zero-order chi connectivity index (χ0) is 36.5. The van der Waals surface area contributed by atoms with E-state index in [0.717, 1.165) is 21.6 Å². The summed E-state index contributed by atoms with van der Waals surface area (Å²) in [6.07, 6.45) is 3.47. The Balaban J connectivity index is 1.34. The van der Waals surface area contributed by atoms with Gasteiger partial charge in [0, 0.05) is 51.3 Å². The van der Waals surface area contributed by atoms with Gasteiger partial charge in [-0.2, -0.15) is 0 Å². The number of thioether (sulfide) groups is 1. The van der Waals surface area contributed by atoms with Crippen LogP contribution in [0.5, 0.6) is 0 Å². The molecule has 3 rings (SSSR count). The number of nitrogens with two attached hydrogens (primary N) is 2. The second-order valence-electron chi connectivity index (χ2n) is 12.2. The molecule has 50 heavy (non-hydrogen) atoms. The molecule has 0 spiro atoms. The molecule has 1 saturated heterocycles. The summed E-state index contributed by atoms with van der Waals surface area (Å²) >= 11 is 1.22. The number of carbonyl (C=O) groups excluding carboxylic acids is 6. The van der Waals surface area contributed by atoms with E-state index in [0.29, 0.717) is 71.1 Å². The van der Waals surface area contributed by atoms with Gasteiger partial charge in [-0.25, -0.2) is 0 Å². The van der Waals surface area contributed by atoms with Crippen LogP contribution < -0.4 is 43.4 Å². The molecule has 272 valence electrons. The maximum Gasteiger partial charge on any atom is 0.253 e. The average molecular weight is 711 g/mol. The van der Waals surface area contributed by atoms with Crippen LogP contribution in [0.15, 0.2) is 53.4 Å². The Bertz CT molecular complexity index is 1380. The van der Waals surface area contributed by atoms with Gasteiger partial charge in [0.15, 0.2) is 5.37 Å². The normalized spacial score (nSPS) is 16.7. The molecular weight excluding hydrogens is 661 g/mol. The Hall–Kier alpha value is -4.47. The molecule has 1 aliphatic rings. The summed E-state index contributed by atoms with van der Waals surface area (Å²) in [5.41, 5.74) is 14.2. The zero-order valence-corrected chi connectivity index (χ0v) is 29.5. The predicted octanol–water partition coefficient (Wildman–Crippen LogP) is 0.462. The molecule has 2 unspecified atom stereocenters. The van der Waals surface area contributed by atoms with E-state index in [1.807, 2.05) is 48.5 Å². The van der Waals surface area contributed by atoms with Crippen LogP contribution >= 0.6 is 11.8 Å². The van der Waals surface area contributed by atoms with Gasteiger partial charge in [0.1, 0.15) is 18.1 Å². The predicted molar refractivity (Wildman–Crippen MR) is 191 cm³/mol. The van der Waals surface area contributed by atoms with Crippen molar-refractivity contribution in [1.29, 1.82) is 0 Å². The van der Waals surface area contributed by atoms with Crippen molar-refractivity contribution in [2.45, 2.75) is 100 Å². The quantitative estimate of drug-likeness (QED) is 0.0542. The zero-order valence-electron chi connectivity index (χ0n) is 28.7. The smallest absolute Gasteiger partial charge is 0.253 e. The van der Waals surface area contributed by atoms with E-state index >= 15 is 0 Å². The molecule has 0 bridgehead atoms. The van der Waals surface area contributed by atoms with Crippen LogP contribution in [-0.2, 0) is 48.3 Å². The minimum absolute atomic E-state index is 0.258. The molecule has 6 amide bonds. The van der Waals surface area contributed by atoms with Crippen molar-refractivity contribution in [3.8, 4) is 0 Å². The lowest BCUT2D eigenvalue weighted by Gasteiger charge is -2.29. The van der Waals surface area contributed by atoms with Gasteiger partial charge in [-0.3, -0.25) is 28.8 Å². The van der Waals surface area contributed by atoms with E-state index in [2.05, 4.69) is 31.9 Å². The van der Waals surface area contributed by atoms with Crippen LogP contribution in [0.4, 0.5) is 0 Å². The minimum atomic E-state index is -0.817. The number of nitrogens with one attached hydrogen (secondary N) is 6. The van der Waals surface area contributed by atoms with Crippen molar-refractivity contribution in [3.63, 3.8) is 0 Å². The first-order valence-corrected chi connectivity index (χ1v) is 17.8. The molecule has 15 heteroatoms. The van der Waals surface area contributed by atoms with E-state index < -0.39 is 23.5 Å². The first-order chi connectivity index (χ1) is 24.0. The molecule has 1 fully saturated rings. The molecule has 0 aromatic heterocycles. The monoisotopic (exact) mass is 710 g/mol. The highest BCUT2D eigenvalue weighted by Gasteiger charge is 2.32. The van der Waals surface area contributed by atoms with Gasteiger partial charge in [0.05, 0.1) is 0 Å². The molecule has 2 aromatic carbocycles. The van der Waals surface area contributed by atoms with Crippen LogP contribution in [-0.4, -0.2) is 72.0 Å². The molecule has 14 nitrogen and oxygen atoms in total. The van der Waals surface area contributed by atoms with Crippen molar-refractivity contribution in [3.05, 3.63) is 65.2 Å². The third-order valence-corrected chi connectivity index (χ3v) is 9.12. The van der Waals surface area contributed by atoms with Gasteiger partial charge < -0.3 is 43.4 Å². The Labute approximate surface area is 297 Å². The first-order valence-electron chi connectivity index (χ1n) is 16.9. The first kappa shape index (κ1) is 40.0. The average Bonchev–Trinajstić information content (AvgIpc) is 3.08. The van der Waals surface area contributed by atoms with E-state index in [9.17, 15) is 28.8 Å². The number of unbranched alkanes of at least 4 members (excludes halogenated alkanes) is 2. The van der Waals surface area contributed by atoms with E-state index in [-0.39, 0.29) is 35.4 Å². The van der Waals surface area contributed by atoms with Gasteiger partial charge >= 0.3 is 0 Å². The highest BCUT2D eigenvalue weighted by Crippen LogP contribution is 2.23. The fourth-order valence-corrected chi connectivity index (χ4v) is 6.52. The number of piperazine rings is 1. The fraction of sp³-hybridized carbons (Fsp3) is 0.486. The number of carbonyl (C=O) groups is 6. The molecule has 0 saturated carbocycles. The van der Waals surface area contributed by atoms with Gasteiger partial charge in [-0.05, 0) is 67.3 Å². The third-order valence-electron chi connectivity index (χ3n) is 8.03. The van der Waals surface area contributed by atoms with E-state index in [1.165, 1.54) is 25.6 Å². The number of hydrogen-bond acceptors (Lipinski definition) is 9. The summed E-state index contributed by atoms with van der Waals surface area (Å²) in [6, 6.07) is 12.9. The minimum Gasteiger partial charge on any atom is -0.354 e. The van der Waals surface area contributed by atoms with Crippen LogP contribution in [0.2, 0.25) is 0 Å². The Morgan fingerprint density at radius 2 is 1.24 bits per heavy atom. The summed E-state index contributed by atoms with van der Waals surface area (Å²) in [7, 11) is 0. The van der Waals surface area contributed by atoms with Crippen molar-refractivity contribution in [2.24, 2.45) is 11.5 Å². The summed E-state index contributed by atoms with van der Waals surface area (Å²) in [5.74, 6) is -1.79. The standard InChI is InChI=1S/C35H50N8O6S/c1-22(44)40-30(19-24-9-7-10-25(17-24)20-36)31(46)38-15-5-3-13-28-32(47)43-29(33(48)42-28)14-4-6-16-39-34(49)35(41-23(2)45)50-27-12-8-11-26(18-27)21-37/h7-12,17-18,28-30,35H,3-6,13-16,19-21,36-37H2,1-2H3,(H,38,46)(H,39,49)(H,40,44)(H,41,45)(H,42,48)(H,43,47)/t28-,29-,30?,35?/m0/s1. The summed E-state index contributed by atoms with van der Waals surface area (Å²) in [6.45, 7) is 4.15. The number of benzene rings is 2. The van der Waals surface area contributed by atoms with Crippen LogP contribution in [0.25, 0.3) is 0 Å². The molecule has 2 aromatic rings. The van der Waals surface area contributed by atoms with Gasteiger partial charge in [-0.1, -0.05) is 48.2 Å². The Kier molecular flexibility index (Phi) is 16.7. The van der Waals surface area contributed by atoms with Crippen LogP contribution in [0.3, 0.4) is 0 Å². The Morgan fingerprint density at radius 1 is 0.720 bits per heavy atom. The van der Waals surface area contributed by atoms with Crippen LogP contribution in [0.1, 0.15) is 69.1 Å². The molecule has 1 aliphatic heterocycles. The lowest BCUT2D eigenvalue weighted by molar-refractivity contribution is -0.137. The maximum atomic E-state index is 12.8. The largest absolute Gasteiger partial charge is 0.354 e. The molecule has 10 N–H and O–H groups in total. The summed E-state index contributed by atoms with van der Waals surface area (Å²) in [4.78, 5) is 75.3.